The minimum absolute atomic E-state index is 0.00792. The summed E-state index contributed by atoms with van der Waals surface area (Å²) in [5, 5.41) is 23.2. The first-order valence-corrected chi connectivity index (χ1v) is 27.4. The van der Waals surface area contributed by atoms with Crippen molar-refractivity contribution in [3.05, 3.63) is 12.2 Å². The maximum atomic E-state index is 12.4. The van der Waals surface area contributed by atoms with Crippen LogP contribution in [0.5, 0.6) is 0 Å². The van der Waals surface area contributed by atoms with E-state index in [2.05, 4.69) is 31.3 Å². The van der Waals surface area contributed by atoms with E-state index in [4.69, 9.17) is 4.74 Å². The van der Waals surface area contributed by atoms with Crippen molar-refractivity contribution in [3.8, 4) is 0 Å². The number of amides is 1. The zero-order valence-electron chi connectivity index (χ0n) is 41.2. The molecule has 0 fully saturated rings. The third-order valence-electron chi connectivity index (χ3n) is 12.8. The van der Waals surface area contributed by atoms with Gasteiger partial charge in [-0.25, -0.2) is 0 Å². The molecule has 6 nitrogen and oxygen atoms in total. The van der Waals surface area contributed by atoms with Gasteiger partial charge in [0, 0.05) is 12.8 Å². The third-order valence-corrected chi connectivity index (χ3v) is 12.8. The highest BCUT2D eigenvalue weighted by molar-refractivity contribution is 5.76. The van der Waals surface area contributed by atoms with E-state index in [0.717, 1.165) is 70.6 Å². The lowest BCUT2D eigenvalue weighted by Gasteiger charge is -2.22. The topological polar surface area (TPSA) is 95.9 Å². The van der Waals surface area contributed by atoms with E-state index in [1.54, 1.807) is 0 Å². The van der Waals surface area contributed by atoms with Crippen LogP contribution in [0.1, 0.15) is 303 Å². The highest BCUT2D eigenvalue weighted by atomic mass is 16.5. The summed E-state index contributed by atoms with van der Waals surface area (Å²) in [6, 6.07) is -0.560. The Labute approximate surface area is 380 Å². The number of unbranched alkanes of at least 4 members (excludes halogenated alkanes) is 38. The van der Waals surface area contributed by atoms with Crippen molar-refractivity contribution in [2.75, 3.05) is 13.2 Å². The SMILES string of the molecule is CCCCCCCCCCCCCCCCCCCCC(=O)OCCCCCCCC/C=C\CCCCCC(=O)NC(CO)C(O)CCCCCCCCCCCCCCC. The maximum Gasteiger partial charge on any atom is 0.305 e. The molecule has 0 aliphatic rings. The van der Waals surface area contributed by atoms with Gasteiger partial charge in [-0.05, 0) is 51.4 Å². The van der Waals surface area contributed by atoms with E-state index in [-0.39, 0.29) is 18.5 Å². The number of ether oxygens (including phenoxy) is 1. The first kappa shape index (κ1) is 59.6. The van der Waals surface area contributed by atoms with Crippen molar-refractivity contribution in [3.63, 3.8) is 0 Å². The van der Waals surface area contributed by atoms with Gasteiger partial charge in [0.05, 0.1) is 25.4 Å². The van der Waals surface area contributed by atoms with Crippen LogP contribution >= 0.6 is 0 Å². The molecular formula is C55H107NO5. The second kappa shape index (κ2) is 51.2. The van der Waals surface area contributed by atoms with Crippen molar-refractivity contribution in [2.45, 2.75) is 315 Å². The lowest BCUT2D eigenvalue weighted by Crippen LogP contribution is -2.45. The number of allylic oxidation sites excluding steroid dienone is 2. The van der Waals surface area contributed by atoms with E-state index in [1.807, 2.05) is 0 Å². The first-order chi connectivity index (χ1) is 30.0. The molecule has 1 amide bonds. The third kappa shape index (κ3) is 47.9. The summed E-state index contributed by atoms with van der Waals surface area (Å²) in [4.78, 5) is 24.5. The molecule has 0 aliphatic carbocycles. The van der Waals surface area contributed by atoms with Gasteiger partial charge in [0.2, 0.25) is 5.91 Å². The van der Waals surface area contributed by atoms with E-state index in [0.29, 0.717) is 25.9 Å². The number of hydrogen-bond donors (Lipinski definition) is 3. The van der Waals surface area contributed by atoms with Gasteiger partial charge in [0.25, 0.3) is 0 Å². The Morgan fingerprint density at radius 2 is 0.770 bits per heavy atom. The molecule has 0 rings (SSSR count). The number of nitrogens with one attached hydrogen (secondary N) is 1. The Morgan fingerprint density at radius 3 is 1.18 bits per heavy atom. The molecule has 0 heterocycles. The normalized spacial score (nSPS) is 12.7. The number of aliphatic hydroxyl groups is 2. The van der Waals surface area contributed by atoms with Gasteiger partial charge >= 0.3 is 5.97 Å². The molecule has 0 aromatic rings. The minimum Gasteiger partial charge on any atom is -0.466 e. The molecule has 0 radical (unpaired) electrons. The molecule has 0 aliphatic heterocycles. The zero-order chi connectivity index (χ0) is 44.4. The van der Waals surface area contributed by atoms with Crippen LogP contribution in [0.4, 0.5) is 0 Å². The molecule has 6 heteroatoms. The van der Waals surface area contributed by atoms with Crippen LogP contribution in [0.3, 0.4) is 0 Å². The highest BCUT2D eigenvalue weighted by Gasteiger charge is 2.20. The van der Waals surface area contributed by atoms with Crippen LogP contribution < -0.4 is 5.32 Å². The Hall–Kier alpha value is -1.40. The number of hydrogen-bond acceptors (Lipinski definition) is 5. The van der Waals surface area contributed by atoms with Crippen molar-refractivity contribution in [2.24, 2.45) is 0 Å². The Kier molecular flexibility index (Phi) is 50.1. The zero-order valence-corrected chi connectivity index (χ0v) is 41.2. The second-order valence-electron chi connectivity index (χ2n) is 18.9. The van der Waals surface area contributed by atoms with Crippen molar-refractivity contribution >= 4 is 11.9 Å². The summed E-state index contributed by atoms with van der Waals surface area (Å²) in [5.41, 5.74) is 0. The Balaban J connectivity index is 3.45. The summed E-state index contributed by atoms with van der Waals surface area (Å²) >= 11 is 0. The predicted octanol–water partition coefficient (Wildman–Crippen LogP) is 16.5. The van der Waals surface area contributed by atoms with E-state index < -0.39 is 12.1 Å². The predicted molar refractivity (Wildman–Crippen MR) is 264 cm³/mol. The molecular weight excluding hydrogens is 755 g/mol. The van der Waals surface area contributed by atoms with Gasteiger partial charge in [0.1, 0.15) is 0 Å². The van der Waals surface area contributed by atoms with Crippen LogP contribution in [-0.4, -0.2) is 47.4 Å². The lowest BCUT2D eigenvalue weighted by atomic mass is 10.0. The molecule has 61 heavy (non-hydrogen) atoms. The van der Waals surface area contributed by atoms with Gasteiger partial charge in [-0.3, -0.25) is 9.59 Å². The first-order valence-electron chi connectivity index (χ1n) is 27.4. The molecule has 362 valence electrons. The monoisotopic (exact) mass is 862 g/mol. The van der Waals surface area contributed by atoms with Crippen LogP contribution in [0, 0.1) is 0 Å². The van der Waals surface area contributed by atoms with Gasteiger partial charge < -0.3 is 20.3 Å². The number of esters is 1. The summed E-state index contributed by atoms with van der Waals surface area (Å²) in [6.07, 6.45) is 59.1. The fourth-order valence-electron chi connectivity index (χ4n) is 8.58. The molecule has 2 unspecified atom stereocenters. The summed E-state index contributed by atoms with van der Waals surface area (Å²) in [5.74, 6) is -0.0718. The smallest absolute Gasteiger partial charge is 0.305 e. The average molecular weight is 862 g/mol. The molecule has 0 aromatic carbocycles. The van der Waals surface area contributed by atoms with E-state index >= 15 is 0 Å². The fraction of sp³-hybridized carbons (Fsp3) is 0.927. The van der Waals surface area contributed by atoms with Gasteiger partial charge in [0.15, 0.2) is 0 Å². The van der Waals surface area contributed by atoms with Gasteiger partial charge in [-0.2, -0.15) is 0 Å². The van der Waals surface area contributed by atoms with Crippen LogP contribution in [0.2, 0.25) is 0 Å². The van der Waals surface area contributed by atoms with Gasteiger partial charge in [-0.15, -0.1) is 0 Å². The molecule has 3 N–H and O–H groups in total. The lowest BCUT2D eigenvalue weighted by molar-refractivity contribution is -0.143. The number of aliphatic hydroxyl groups excluding tert-OH is 2. The van der Waals surface area contributed by atoms with Crippen LogP contribution in [0.25, 0.3) is 0 Å². The summed E-state index contributed by atoms with van der Waals surface area (Å²) < 4.78 is 5.47. The summed E-state index contributed by atoms with van der Waals surface area (Å²) in [7, 11) is 0. The molecule has 0 aromatic heterocycles. The quantitative estimate of drug-likeness (QED) is 0.0322. The Bertz CT molecular complexity index is 909. The minimum atomic E-state index is -0.679. The van der Waals surface area contributed by atoms with E-state index in [1.165, 1.54) is 199 Å². The van der Waals surface area contributed by atoms with Crippen molar-refractivity contribution in [1.82, 2.24) is 5.32 Å². The number of carbonyl (C=O) groups excluding carboxylic acids is 2. The fourth-order valence-corrected chi connectivity index (χ4v) is 8.58. The maximum absolute atomic E-state index is 12.4. The second-order valence-corrected chi connectivity index (χ2v) is 18.9. The number of rotatable bonds is 51. The van der Waals surface area contributed by atoms with Crippen LogP contribution in [0.15, 0.2) is 12.2 Å². The van der Waals surface area contributed by atoms with E-state index in [9.17, 15) is 19.8 Å². The standard InChI is InChI=1S/C55H107NO5/c1-3-5-7-9-11-13-15-17-18-19-20-21-25-29-33-37-41-45-49-55(60)61-50-46-42-38-34-30-26-22-24-28-32-36-40-44-48-54(59)56-52(51-57)53(58)47-43-39-35-31-27-23-16-14-12-10-8-6-4-2/h24,28,52-53,57-58H,3-23,25-27,29-51H2,1-2H3,(H,56,59)/b28-24-. The molecule has 0 saturated carbocycles. The number of carbonyl (C=O) groups is 2. The molecule has 0 saturated heterocycles. The van der Waals surface area contributed by atoms with Gasteiger partial charge in [-0.1, -0.05) is 251 Å². The molecule has 0 spiro atoms. The van der Waals surface area contributed by atoms with Crippen molar-refractivity contribution in [1.29, 1.82) is 0 Å². The largest absolute Gasteiger partial charge is 0.466 e. The highest BCUT2D eigenvalue weighted by Crippen LogP contribution is 2.17. The Morgan fingerprint density at radius 1 is 0.443 bits per heavy atom. The average Bonchev–Trinajstić information content (AvgIpc) is 3.26. The molecule has 0 bridgehead atoms. The van der Waals surface area contributed by atoms with Crippen molar-refractivity contribution < 1.29 is 24.5 Å². The summed E-state index contributed by atoms with van der Waals surface area (Å²) in [6.45, 7) is 4.92. The molecule has 2 atom stereocenters. The van der Waals surface area contributed by atoms with Crippen LogP contribution in [-0.2, 0) is 14.3 Å².